The number of imide groups is 1. The zero-order valence-electron chi connectivity index (χ0n) is 28.9. The summed E-state index contributed by atoms with van der Waals surface area (Å²) in [5, 5.41) is 0. The topological polar surface area (TPSA) is 118 Å². The molecular formula is C44H31NO9. The van der Waals surface area contributed by atoms with Crippen molar-refractivity contribution in [2.45, 2.75) is 17.8 Å². The second-order valence-electron chi connectivity index (χ2n) is 13.8. The minimum absolute atomic E-state index is 0.0427. The van der Waals surface area contributed by atoms with Gasteiger partial charge in [0.1, 0.15) is 0 Å². The van der Waals surface area contributed by atoms with Gasteiger partial charge in [0.05, 0.1) is 40.5 Å². The van der Waals surface area contributed by atoms with Gasteiger partial charge in [-0.05, 0) is 82.8 Å². The summed E-state index contributed by atoms with van der Waals surface area (Å²) in [5.41, 5.74) is 0.728. The number of ketones is 1. The van der Waals surface area contributed by atoms with Crippen molar-refractivity contribution >= 4 is 40.4 Å². The average molecular weight is 718 g/mol. The fourth-order valence-corrected chi connectivity index (χ4v) is 9.47. The summed E-state index contributed by atoms with van der Waals surface area (Å²) in [6, 6.07) is 35.9. The molecule has 266 valence electrons. The third-order valence-corrected chi connectivity index (χ3v) is 11.4. The molecule has 5 aromatic rings. The number of hydrogen-bond acceptors (Lipinski definition) is 9. The molecular weight excluding hydrogens is 686 g/mol. The molecule has 1 saturated heterocycles. The van der Waals surface area contributed by atoms with Gasteiger partial charge in [0.25, 0.3) is 0 Å². The summed E-state index contributed by atoms with van der Waals surface area (Å²) in [5.74, 6) is -2.14. The molecule has 3 aliphatic heterocycles. The van der Waals surface area contributed by atoms with Crippen LogP contribution in [0.1, 0.15) is 39.5 Å². The molecule has 0 aromatic heterocycles. The molecule has 0 radical (unpaired) electrons. The van der Waals surface area contributed by atoms with E-state index in [1.807, 2.05) is 84.9 Å². The highest BCUT2D eigenvalue weighted by molar-refractivity contribution is 6.39. The number of benzene rings is 5. The lowest BCUT2D eigenvalue weighted by Gasteiger charge is -2.39. The number of carbonyl (C=O) groups is 4. The van der Waals surface area contributed by atoms with Crippen LogP contribution in [0.3, 0.4) is 0 Å². The second-order valence-corrected chi connectivity index (χ2v) is 13.8. The van der Waals surface area contributed by atoms with Gasteiger partial charge in [0, 0.05) is 0 Å². The molecule has 0 unspecified atom stereocenters. The Bertz CT molecular complexity index is 2340. The Labute approximate surface area is 309 Å². The first kappa shape index (κ1) is 32.0. The van der Waals surface area contributed by atoms with E-state index in [1.165, 1.54) is 6.07 Å². The van der Waals surface area contributed by atoms with E-state index in [-0.39, 0.29) is 37.2 Å². The summed E-state index contributed by atoms with van der Waals surface area (Å²) in [4.78, 5) is 61.1. The lowest BCUT2D eigenvalue weighted by Crippen LogP contribution is -2.45. The molecule has 10 rings (SSSR count). The molecule has 2 fully saturated rings. The maximum absolute atomic E-state index is 16.3. The molecule has 0 spiro atoms. The van der Waals surface area contributed by atoms with Crippen molar-refractivity contribution in [1.29, 1.82) is 0 Å². The Hall–Kier alpha value is -6.68. The number of nitrogens with zero attached hydrogens (tertiary/aromatic N) is 1. The maximum atomic E-state index is 16.3. The lowest BCUT2D eigenvalue weighted by molar-refractivity contribution is -0.130. The van der Waals surface area contributed by atoms with Crippen LogP contribution < -0.4 is 23.8 Å². The molecule has 5 aliphatic rings. The van der Waals surface area contributed by atoms with Crippen LogP contribution in [0, 0.1) is 11.8 Å². The van der Waals surface area contributed by atoms with E-state index >= 15 is 14.4 Å². The summed E-state index contributed by atoms with van der Waals surface area (Å²) < 4.78 is 28.4. The van der Waals surface area contributed by atoms with Crippen molar-refractivity contribution in [3.05, 3.63) is 149 Å². The highest BCUT2D eigenvalue weighted by Gasteiger charge is 2.82. The predicted molar refractivity (Wildman–Crippen MR) is 195 cm³/mol. The van der Waals surface area contributed by atoms with Crippen molar-refractivity contribution < 1.29 is 42.9 Å². The Balaban J connectivity index is 1.32. The van der Waals surface area contributed by atoms with E-state index in [4.69, 9.17) is 23.7 Å². The van der Waals surface area contributed by atoms with Gasteiger partial charge in [-0.1, -0.05) is 78.9 Å². The molecule has 0 N–H and O–H groups in total. The largest absolute Gasteiger partial charge is 0.462 e. The molecule has 10 nitrogen and oxygen atoms in total. The smallest absolute Gasteiger partial charge is 0.338 e. The molecule has 3 heterocycles. The fourth-order valence-electron chi connectivity index (χ4n) is 9.47. The molecule has 54 heavy (non-hydrogen) atoms. The Morgan fingerprint density at radius 3 is 1.63 bits per heavy atom. The van der Waals surface area contributed by atoms with E-state index in [0.29, 0.717) is 56.4 Å². The van der Waals surface area contributed by atoms with E-state index in [0.717, 1.165) is 4.90 Å². The first-order valence-electron chi connectivity index (χ1n) is 17.8. The number of anilines is 1. The monoisotopic (exact) mass is 717 g/mol. The van der Waals surface area contributed by atoms with Crippen molar-refractivity contribution in [2.24, 2.45) is 11.8 Å². The van der Waals surface area contributed by atoms with Gasteiger partial charge in [-0.2, -0.15) is 0 Å². The van der Waals surface area contributed by atoms with Crippen LogP contribution in [0.25, 0.3) is 11.1 Å². The number of rotatable bonds is 7. The van der Waals surface area contributed by atoms with Crippen molar-refractivity contribution in [3.8, 4) is 23.0 Å². The van der Waals surface area contributed by atoms with Gasteiger partial charge in [-0.15, -0.1) is 0 Å². The molecule has 1 saturated carbocycles. The fraction of sp³-hybridized carbons (Fsp3) is 0.182. The number of allylic oxidation sites excluding steroid dienone is 2. The van der Waals surface area contributed by atoms with E-state index in [1.54, 1.807) is 37.3 Å². The van der Waals surface area contributed by atoms with E-state index < -0.39 is 40.4 Å². The standard InChI is InChI=1S/C44H31NO9/c1-2-50-41(48)27-10-9-15-30(20-27)45-39(46)37-38(40(45)47)44(29-13-7-4-8-14-29)36(26-17-19-32-34(22-26)54-24-52-32)35(25-16-18-31-33(21-25)53-23-51-31)43(37,42(44)49)28-11-5-3-6-12-28/h3-22,37-38H,2,23-24H2,1H3/t37-,38+,43-,44-/m0/s1. The molecule has 10 heteroatoms. The minimum Gasteiger partial charge on any atom is -0.462 e. The van der Waals surface area contributed by atoms with Crippen LogP contribution in [0.2, 0.25) is 0 Å². The highest BCUT2D eigenvalue weighted by atomic mass is 16.7. The number of carbonyl (C=O) groups excluding carboxylic acids is 4. The van der Waals surface area contributed by atoms with Gasteiger partial charge in [-0.3, -0.25) is 14.4 Å². The van der Waals surface area contributed by atoms with Gasteiger partial charge >= 0.3 is 5.97 Å². The zero-order valence-corrected chi connectivity index (χ0v) is 28.9. The lowest BCUT2D eigenvalue weighted by atomic mass is 9.59. The number of fused-ring (bicyclic) bond motifs is 7. The average Bonchev–Trinajstić information content (AvgIpc) is 4.02. The predicted octanol–water partition coefficient (Wildman–Crippen LogP) is 6.51. The summed E-state index contributed by atoms with van der Waals surface area (Å²) in [6.07, 6.45) is 0. The zero-order chi connectivity index (χ0) is 36.8. The van der Waals surface area contributed by atoms with Crippen LogP contribution in [-0.4, -0.2) is 43.8 Å². The third-order valence-electron chi connectivity index (χ3n) is 11.4. The summed E-state index contributed by atoms with van der Waals surface area (Å²) in [6.45, 7) is 1.95. The number of hydrogen-bond donors (Lipinski definition) is 0. The SMILES string of the molecule is CCOC(=O)c1cccc(N2C(=O)[C@@H]3[C@H](C2=O)[C@@]2(c4ccccc4)C(=O)[C@@]3(c3ccccc3)C(c3ccc4c(c3)OCO4)=C2c2ccc3c(c2)OCO3)c1. The molecule has 2 amide bonds. The molecule has 2 aliphatic carbocycles. The first-order chi connectivity index (χ1) is 26.4. The Kier molecular flexibility index (Phi) is 6.91. The number of esters is 1. The summed E-state index contributed by atoms with van der Waals surface area (Å²) in [7, 11) is 0. The van der Waals surface area contributed by atoms with Gasteiger partial charge in [-0.25, -0.2) is 9.69 Å². The van der Waals surface area contributed by atoms with Gasteiger partial charge < -0.3 is 23.7 Å². The third kappa shape index (κ3) is 4.05. The quantitative estimate of drug-likeness (QED) is 0.137. The van der Waals surface area contributed by atoms with E-state index in [9.17, 15) is 4.79 Å². The number of amides is 2. The van der Waals surface area contributed by atoms with Crippen LogP contribution in [-0.2, 0) is 30.0 Å². The molecule has 2 bridgehead atoms. The van der Waals surface area contributed by atoms with Crippen molar-refractivity contribution in [1.82, 2.24) is 0 Å². The van der Waals surface area contributed by atoms with Crippen LogP contribution in [0.4, 0.5) is 5.69 Å². The van der Waals surface area contributed by atoms with Crippen molar-refractivity contribution in [2.75, 3.05) is 25.1 Å². The van der Waals surface area contributed by atoms with Gasteiger partial charge in [0.15, 0.2) is 28.8 Å². The minimum atomic E-state index is -1.65. The highest BCUT2D eigenvalue weighted by Crippen LogP contribution is 2.74. The van der Waals surface area contributed by atoms with E-state index in [2.05, 4.69) is 0 Å². The number of ether oxygens (including phenoxy) is 5. The van der Waals surface area contributed by atoms with Crippen LogP contribution >= 0.6 is 0 Å². The maximum Gasteiger partial charge on any atom is 0.338 e. The Morgan fingerprint density at radius 1 is 0.630 bits per heavy atom. The molecule has 4 atom stereocenters. The molecule has 5 aromatic carbocycles. The normalized spacial score (nSPS) is 24.4. The first-order valence-corrected chi connectivity index (χ1v) is 17.8. The Morgan fingerprint density at radius 2 is 1.13 bits per heavy atom. The van der Waals surface area contributed by atoms with Crippen LogP contribution in [0.5, 0.6) is 23.0 Å². The number of Topliss-reactive ketones (excluding diaryl/α,β-unsaturated/α-hetero) is 1. The van der Waals surface area contributed by atoms with Crippen molar-refractivity contribution in [3.63, 3.8) is 0 Å². The van der Waals surface area contributed by atoms with Crippen LogP contribution in [0.15, 0.2) is 121 Å². The summed E-state index contributed by atoms with van der Waals surface area (Å²) >= 11 is 0. The van der Waals surface area contributed by atoms with Gasteiger partial charge in [0.2, 0.25) is 25.4 Å². The second kappa shape index (κ2) is 11.7.